The molecule has 0 aromatic rings. The lowest BCUT2D eigenvalue weighted by Gasteiger charge is -2.32. The molecule has 2 amide bonds. The fraction of sp³-hybridized carbons (Fsp3) is 0.900. The monoisotopic (exact) mass is 197 g/mol. The van der Waals surface area contributed by atoms with Crippen molar-refractivity contribution in [2.45, 2.75) is 19.3 Å². The van der Waals surface area contributed by atoms with Gasteiger partial charge in [-0.2, -0.15) is 0 Å². The molecule has 1 atom stereocenters. The smallest absolute Gasteiger partial charge is 0.317 e. The second kappa shape index (κ2) is 4.64. The van der Waals surface area contributed by atoms with Gasteiger partial charge in [0, 0.05) is 19.6 Å². The average Bonchev–Trinajstić information content (AvgIpc) is 2.23. The average molecular weight is 197 g/mol. The van der Waals surface area contributed by atoms with Gasteiger partial charge >= 0.3 is 6.03 Å². The van der Waals surface area contributed by atoms with E-state index in [-0.39, 0.29) is 6.03 Å². The Bertz CT molecular complexity index is 202. The van der Waals surface area contributed by atoms with Crippen molar-refractivity contribution in [2.24, 2.45) is 5.92 Å². The van der Waals surface area contributed by atoms with Crippen LogP contribution in [0.5, 0.6) is 0 Å². The van der Waals surface area contributed by atoms with E-state index < -0.39 is 0 Å². The van der Waals surface area contributed by atoms with Crippen LogP contribution in [0, 0.1) is 5.92 Å². The fourth-order valence-corrected chi connectivity index (χ4v) is 2.24. The molecule has 2 fully saturated rings. The Labute approximate surface area is 85.0 Å². The molecule has 0 aromatic carbocycles. The molecular formula is C10H19N3O. The number of carbonyl (C=O) groups excluding carboxylic acids is 1. The quantitative estimate of drug-likeness (QED) is 0.673. The normalized spacial score (nSPS) is 28.7. The van der Waals surface area contributed by atoms with Crippen molar-refractivity contribution >= 4 is 6.03 Å². The van der Waals surface area contributed by atoms with Gasteiger partial charge in [0.15, 0.2) is 0 Å². The Kier molecular flexibility index (Phi) is 3.24. The number of piperidine rings is 1. The molecule has 0 bridgehead atoms. The van der Waals surface area contributed by atoms with Crippen LogP contribution in [0.25, 0.3) is 0 Å². The molecule has 0 aromatic heterocycles. The first-order valence-corrected chi connectivity index (χ1v) is 5.60. The molecule has 2 aliphatic rings. The molecule has 2 rings (SSSR count). The maximum absolute atomic E-state index is 11.5. The fourth-order valence-electron chi connectivity index (χ4n) is 2.24. The van der Waals surface area contributed by atoms with Gasteiger partial charge in [-0.25, -0.2) is 4.79 Å². The third kappa shape index (κ3) is 2.38. The standard InChI is InChI=1S/C10H19N3O/c14-10-12-5-2-6-13(10)8-9-3-1-4-11-7-9/h9,11H,1-8H2,(H,12,14). The minimum absolute atomic E-state index is 0.127. The highest BCUT2D eigenvalue weighted by molar-refractivity contribution is 5.74. The summed E-state index contributed by atoms with van der Waals surface area (Å²) in [5.41, 5.74) is 0. The van der Waals surface area contributed by atoms with Gasteiger partial charge in [-0.1, -0.05) is 0 Å². The molecule has 4 heteroatoms. The van der Waals surface area contributed by atoms with Crippen molar-refractivity contribution in [1.29, 1.82) is 0 Å². The van der Waals surface area contributed by atoms with Crippen LogP contribution in [-0.4, -0.2) is 43.7 Å². The Morgan fingerprint density at radius 2 is 2.29 bits per heavy atom. The Balaban J connectivity index is 1.79. The summed E-state index contributed by atoms with van der Waals surface area (Å²) < 4.78 is 0. The summed E-state index contributed by atoms with van der Waals surface area (Å²) in [7, 11) is 0. The summed E-state index contributed by atoms with van der Waals surface area (Å²) in [5, 5.41) is 6.27. The van der Waals surface area contributed by atoms with Gasteiger partial charge in [-0.15, -0.1) is 0 Å². The molecule has 2 heterocycles. The maximum atomic E-state index is 11.5. The van der Waals surface area contributed by atoms with Crippen LogP contribution in [0.2, 0.25) is 0 Å². The Hall–Kier alpha value is -0.770. The second-order valence-electron chi connectivity index (χ2n) is 4.24. The first-order valence-electron chi connectivity index (χ1n) is 5.60. The van der Waals surface area contributed by atoms with Crippen LogP contribution in [0.1, 0.15) is 19.3 Å². The first kappa shape index (κ1) is 9.77. The Morgan fingerprint density at radius 3 is 3.00 bits per heavy atom. The number of rotatable bonds is 2. The number of nitrogens with one attached hydrogen (secondary N) is 2. The van der Waals surface area contributed by atoms with Crippen molar-refractivity contribution in [2.75, 3.05) is 32.7 Å². The summed E-state index contributed by atoms with van der Waals surface area (Å²) in [4.78, 5) is 13.4. The number of carbonyl (C=O) groups is 1. The van der Waals surface area contributed by atoms with Crippen molar-refractivity contribution in [1.82, 2.24) is 15.5 Å². The third-order valence-corrected chi connectivity index (χ3v) is 3.05. The zero-order valence-electron chi connectivity index (χ0n) is 8.59. The highest BCUT2D eigenvalue weighted by Crippen LogP contribution is 2.13. The van der Waals surface area contributed by atoms with Crippen molar-refractivity contribution in [3.05, 3.63) is 0 Å². The van der Waals surface area contributed by atoms with Gasteiger partial charge in [-0.3, -0.25) is 0 Å². The molecule has 0 saturated carbocycles. The van der Waals surface area contributed by atoms with Crippen LogP contribution in [0.4, 0.5) is 4.79 Å². The van der Waals surface area contributed by atoms with E-state index in [9.17, 15) is 4.79 Å². The minimum Gasteiger partial charge on any atom is -0.338 e. The van der Waals surface area contributed by atoms with E-state index in [1.807, 2.05) is 4.90 Å². The molecule has 2 saturated heterocycles. The predicted molar refractivity (Wildman–Crippen MR) is 55.2 cm³/mol. The molecule has 2 aliphatic heterocycles. The minimum atomic E-state index is 0.127. The maximum Gasteiger partial charge on any atom is 0.317 e. The zero-order chi connectivity index (χ0) is 9.80. The summed E-state index contributed by atoms with van der Waals surface area (Å²) in [6, 6.07) is 0.127. The molecule has 4 nitrogen and oxygen atoms in total. The molecule has 0 spiro atoms. The number of nitrogens with zero attached hydrogens (tertiary/aromatic N) is 1. The van der Waals surface area contributed by atoms with E-state index >= 15 is 0 Å². The number of hydrogen-bond donors (Lipinski definition) is 2. The van der Waals surface area contributed by atoms with E-state index in [2.05, 4.69) is 10.6 Å². The van der Waals surface area contributed by atoms with Crippen LogP contribution in [0.3, 0.4) is 0 Å². The van der Waals surface area contributed by atoms with Crippen LogP contribution in [-0.2, 0) is 0 Å². The largest absolute Gasteiger partial charge is 0.338 e. The van der Waals surface area contributed by atoms with Crippen molar-refractivity contribution < 1.29 is 4.79 Å². The lowest BCUT2D eigenvalue weighted by molar-refractivity contribution is 0.169. The number of amides is 2. The molecule has 1 unspecified atom stereocenters. The molecule has 2 N–H and O–H groups in total. The van der Waals surface area contributed by atoms with E-state index in [0.717, 1.165) is 39.1 Å². The highest BCUT2D eigenvalue weighted by atomic mass is 16.2. The lowest BCUT2D eigenvalue weighted by atomic mass is 9.99. The predicted octanol–water partition coefficient (Wildman–Crippen LogP) is 0.401. The topological polar surface area (TPSA) is 44.4 Å². The van der Waals surface area contributed by atoms with Gasteiger partial charge in [0.2, 0.25) is 0 Å². The molecule has 80 valence electrons. The summed E-state index contributed by atoms with van der Waals surface area (Å²) in [6.45, 7) is 4.92. The summed E-state index contributed by atoms with van der Waals surface area (Å²) >= 11 is 0. The van der Waals surface area contributed by atoms with E-state index in [4.69, 9.17) is 0 Å². The highest BCUT2D eigenvalue weighted by Gasteiger charge is 2.22. The van der Waals surface area contributed by atoms with Gasteiger partial charge < -0.3 is 15.5 Å². The second-order valence-corrected chi connectivity index (χ2v) is 4.24. The van der Waals surface area contributed by atoms with Crippen LogP contribution < -0.4 is 10.6 Å². The molecule has 0 aliphatic carbocycles. The van der Waals surface area contributed by atoms with Crippen molar-refractivity contribution in [3.8, 4) is 0 Å². The SMILES string of the molecule is O=C1NCCCN1CC1CCCNC1. The van der Waals surface area contributed by atoms with E-state index in [1.54, 1.807) is 0 Å². The number of hydrogen-bond acceptors (Lipinski definition) is 2. The molecule has 0 radical (unpaired) electrons. The van der Waals surface area contributed by atoms with Crippen LogP contribution >= 0.6 is 0 Å². The van der Waals surface area contributed by atoms with Crippen molar-refractivity contribution in [3.63, 3.8) is 0 Å². The third-order valence-electron chi connectivity index (χ3n) is 3.05. The number of urea groups is 1. The Morgan fingerprint density at radius 1 is 1.36 bits per heavy atom. The first-order chi connectivity index (χ1) is 6.86. The summed E-state index contributed by atoms with van der Waals surface area (Å²) in [6.07, 6.45) is 3.60. The van der Waals surface area contributed by atoms with Gasteiger partial charge in [0.1, 0.15) is 0 Å². The molecular weight excluding hydrogens is 178 g/mol. The summed E-state index contributed by atoms with van der Waals surface area (Å²) in [5.74, 6) is 0.660. The van der Waals surface area contributed by atoms with Gasteiger partial charge in [0.25, 0.3) is 0 Å². The zero-order valence-corrected chi connectivity index (χ0v) is 8.59. The molecule has 14 heavy (non-hydrogen) atoms. The lowest BCUT2D eigenvalue weighted by Crippen LogP contribution is -2.49. The van der Waals surface area contributed by atoms with E-state index in [1.165, 1.54) is 12.8 Å². The van der Waals surface area contributed by atoms with E-state index in [0.29, 0.717) is 5.92 Å². The van der Waals surface area contributed by atoms with Crippen LogP contribution in [0.15, 0.2) is 0 Å². The van der Waals surface area contributed by atoms with Gasteiger partial charge in [-0.05, 0) is 38.3 Å². The van der Waals surface area contributed by atoms with Gasteiger partial charge in [0.05, 0.1) is 0 Å².